The molecule has 2 saturated heterocycles. The van der Waals surface area contributed by atoms with E-state index >= 15 is 0 Å². The number of rotatable bonds is 5. The maximum atomic E-state index is 12.3. The van der Waals surface area contributed by atoms with Crippen LogP contribution >= 0.6 is 0 Å². The highest BCUT2D eigenvalue weighted by molar-refractivity contribution is 5.68. The van der Waals surface area contributed by atoms with Crippen molar-refractivity contribution < 1.29 is 23.8 Å². The summed E-state index contributed by atoms with van der Waals surface area (Å²) in [6.45, 7) is 9.43. The predicted octanol–water partition coefficient (Wildman–Crippen LogP) is 4.45. The van der Waals surface area contributed by atoms with Crippen LogP contribution in [0.15, 0.2) is 30.3 Å². The Bertz CT molecular complexity index is 702. The summed E-state index contributed by atoms with van der Waals surface area (Å²) in [7, 11) is 0. The number of piperidine rings is 2. The maximum absolute atomic E-state index is 12.3. The van der Waals surface area contributed by atoms with Gasteiger partial charge < -0.3 is 24.0 Å². The van der Waals surface area contributed by atoms with Crippen LogP contribution in [0.5, 0.6) is 0 Å². The van der Waals surface area contributed by atoms with Crippen LogP contribution in [-0.2, 0) is 20.8 Å². The van der Waals surface area contributed by atoms with E-state index in [2.05, 4.69) is 0 Å². The van der Waals surface area contributed by atoms with Gasteiger partial charge >= 0.3 is 12.2 Å². The molecule has 2 amide bonds. The van der Waals surface area contributed by atoms with E-state index in [1.807, 2.05) is 51.1 Å². The summed E-state index contributed by atoms with van der Waals surface area (Å²) >= 11 is 0. The van der Waals surface area contributed by atoms with Crippen LogP contribution < -0.4 is 0 Å². The van der Waals surface area contributed by atoms with Gasteiger partial charge in [0, 0.05) is 32.8 Å². The van der Waals surface area contributed by atoms with Crippen LogP contribution in [0.1, 0.15) is 52.0 Å². The molecule has 1 aromatic carbocycles. The third kappa shape index (κ3) is 7.73. The van der Waals surface area contributed by atoms with Crippen molar-refractivity contribution >= 4 is 12.2 Å². The van der Waals surface area contributed by atoms with Gasteiger partial charge in [-0.25, -0.2) is 9.59 Å². The first-order chi connectivity index (χ1) is 14.8. The molecule has 0 aromatic heterocycles. The SMILES string of the molecule is CC(C)(C)OC(=O)N1CCC(OCC2CCN(C(=O)OCc3ccccc3)CC2)CC1. The molecule has 0 spiro atoms. The molecule has 3 rings (SSSR count). The first-order valence-corrected chi connectivity index (χ1v) is 11.4. The lowest BCUT2D eigenvalue weighted by atomic mass is 9.98. The van der Waals surface area contributed by atoms with E-state index in [1.54, 1.807) is 9.80 Å². The number of carbonyl (C=O) groups is 2. The Morgan fingerprint density at radius 2 is 1.48 bits per heavy atom. The topological polar surface area (TPSA) is 68.3 Å². The molecule has 0 radical (unpaired) electrons. The molecular formula is C24H36N2O5. The smallest absolute Gasteiger partial charge is 0.410 e. The summed E-state index contributed by atoms with van der Waals surface area (Å²) < 4.78 is 17.0. The van der Waals surface area contributed by atoms with E-state index in [0.29, 0.717) is 45.3 Å². The Balaban J connectivity index is 1.29. The molecule has 0 saturated carbocycles. The summed E-state index contributed by atoms with van der Waals surface area (Å²) in [4.78, 5) is 28.0. The minimum Gasteiger partial charge on any atom is -0.445 e. The van der Waals surface area contributed by atoms with E-state index in [0.717, 1.165) is 31.2 Å². The second-order valence-corrected chi connectivity index (χ2v) is 9.47. The van der Waals surface area contributed by atoms with Crippen molar-refractivity contribution in [2.24, 2.45) is 5.92 Å². The second-order valence-electron chi connectivity index (χ2n) is 9.47. The number of carbonyl (C=O) groups excluding carboxylic acids is 2. The zero-order chi connectivity index (χ0) is 22.3. The third-order valence-corrected chi connectivity index (χ3v) is 5.74. The lowest BCUT2D eigenvalue weighted by molar-refractivity contribution is -0.0275. The standard InChI is InChI=1S/C24H36N2O5/c1-24(2,3)31-23(28)26-15-11-21(12-16-26)29-17-20-9-13-25(14-10-20)22(27)30-18-19-7-5-4-6-8-19/h4-8,20-21H,9-18H2,1-3H3. The van der Waals surface area contributed by atoms with Crippen molar-refractivity contribution in [1.82, 2.24) is 9.80 Å². The van der Waals surface area contributed by atoms with Crippen LogP contribution in [0.4, 0.5) is 9.59 Å². The Morgan fingerprint density at radius 3 is 2.10 bits per heavy atom. The molecule has 0 N–H and O–H groups in total. The van der Waals surface area contributed by atoms with Gasteiger partial charge in [0.25, 0.3) is 0 Å². The average molecular weight is 433 g/mol. The molecule has 0 unspecified atom stereocenters. The molecule has 2 aliphatic heterocycles. The Hall–Kier alpha value is -2.28. The number of ether oxygens (including phenoxy) is 3. The molecule has 0 aliphatic carbocycles. The zero-order valence-corrected chi connectivity index (χ0v) is 19.0. The third-order valence-electron chi connectivity index (χ3n) is 5.74. The summed E-state index contributed by atoms with van der Waals surface area (Å²) in [6, 6.07) is 9.73. The lowest BCUT2D eigenvalue weighted by Crippen LogP contribution is -2.44. The van der Waals surface area contributed by atoms with Gasteiger partial charge in [-0.3, -0.25) is 0 Å². The van der Waals surface area contributed by atoms with Crippen molar-refractivity contribution in [3.05, 3.63) is 35.9 Å². The Kier molecular flexibility index (Phi) is 8.18. The monoisotopic (exact) mass is 432 g/mol. The summed E-state index contributed by atoms with van der Waals surface area (Å²) in [6.07, 6.45) is 3.24. The quantitative estimate of drug-likeness (QED) is 0.688. The van der Waals surface area contributed by atoms with Crippen molar-refractivity contribution in [1.29, 1.82) is 0 Å². The van der Waals surface area contributed by atoms with Gasteiger partial charge in [0.1, 0.15) is 12.2 Å². The minimum absolute atomic E-state index is 0.188. The number of hydrogen-bond donors (Lipinski definition) is 0. The van der Waals surface area contributed by atoms with Gasteiger partial charge in [-0.05, 0) is 57.9 Å². The highest BCUT2D eigenvalue weighted by atomic mass is 16.6. The van der Waals surface area contributed by atoms with Crippen LogP contribution in [0, 0.1) is 5.92 Å². The molecule has 31 heavy (non-hydrogen) atoms. The van der Waals surface area contributed by atoms with E-state index in [4.69, 9.17) is 14.2 Å². The molecule has 172 valence electrons. The highest BCUT2D eigenvalue weighted by Crippen LogP contribution is 2.22. The molecule has 7 heteroatoms. The summed E-state index contributed by atoms with van der Waals surface area (Å²) in [5, 5.41) is 0. The van der Waals surface area contributed by atoms with E-state index in [-0.39, 0.29) is 18.3 Å². The van der Waals surface area contributed by atoms with Gasteiger partial charge in [0.05, 0.1) is 6.10 Å². The van der Waals surface area contributed by atoms with E-state index in [9.17, 15) is 9.59 Å². The van der Waals surface area contributed by atoms with Crippen LogP contribution in [-0.4, -0.2) is 66.5 Å². The van der Waals surface area contributed by atoms with Crippen molar-refractivity contribution in [3.63, 3.8) is 0 Å². The highest BCUT2D eigenvalue weighted by Gasteiger charge is 2.29. The van der Waals surface area contributed by atoms with Crippen LogP contribution in [0.25, 0.3) is 0 Å². The molecular weight excluding hydrogens is 396 g/mol. The number of hydrogen-bond acceptors (Lipinski definition) is 5. The normalized spacial score (nSPS) is 18.7. The number of nitrogens with zero attached hydrogens (tertiary/aromatic N) is 2. The van der Waals surface area contributed by atoms with Gasteiger partial charge in [-0.2, -0.15) is 0 Å². The molecule has 2 aliphatic rings. The van der Waals surface area contributed by atoms with Gasteiger partial charge in [0.2, 0.25) is 0 Å². The Morgan fingerprint density at radius 1 is 0.903 bits per heavy atom. The van der Waals surface area contributed by atoms with E-state index in [1.165, 1.54) is 0 Å². The number of likely N-dealkylation sites (tertiary alicyclic amines) is 2. The maximum Gasteiger partial charge on any atom is 0.410 e. The fourth-order valence-corrected chi connectivity index (χ4v) is 3.90. The summed E-state index contributed by atoms with van der Waals surface area (Å²) in [5.74, 6) is 0.460. The van der Waals surface area contributed by atoms with Crippen molar-refractivity contribution in [3.8, 4) is 0 Å². The molecule has 2 heterocycles. The predicted molar refractivity (Wildman–Crippen MR) is 118 cm³/mol. The van der Waals surface area contributed by atoms with Crippen LogP contribution in [0.2, 0.25) is 0 Å². The number of benzene rings is 1. The van der Waals surface area contributed by atoms with Crippen molar-refractivity contribution in [2.75, 3.05) is 32.8 Å². The minimum atomic E-state index is -0.465. The number of amides is 2. The molecule has 1 aromatic rings. The van der Waals surface area contributed by atoms with Crippen LogP contribution in [0.3, 0.4) is 0 Å². The Labute approximate surface area is 185 Å². The fraction of sp³-hybridized carbons (Fsp3) is 0.667. The van der Waals surface area contributed by atoms with Gasteiger partial charge in [-0.15, -0.1) is 0 Å². The molecule has 2 fully saturated rings. The lowest BCUT2D eigenvalue weighted by Gasteiger charge is -2.35. The van der Waals surface area contributed by atoms with Crippen molar-refractivity contribution in [2.45, 2.75) is 64.8 Å². The molecule has 0 bridgehead atoms. The largest absolute Gasteiger partial charge is 0.445 e. The zero-order valence-electron chi connectivity index (χ0n) is 19.0. The molecule has 7 nitrogen and oxygen atoms in total. The van der Waals surface area contributed by atoms with Gasteiger partial charge in [-0.1, -0.05) is 30.3 Å². The second kappa shape index (κ2) is 10.8. The molecule has 0 atom stereocenters. The fourth-order valence-electron chi connectivity index (χ4n) is 3.90. The van der Waals surface area contributed by atoms with Gasteiger partial charge in [0.15, 0.2) is 0 Å². The summed E-state index contributed by atoms with van der Waals surface area (Å²) in [5.41, 5.74) is 0.532. The average Bonchev–Trinajstić information content (AvgIpc) is 2.76. The van der Waals surface area contributed by atoms with E-state index < -0.39 is 5.60 Å². The first kappa shape index (κ1) is 23.4. The first-order valence-electron chi connectivity index (χ1n) is 11.4.